The molecule has 0 aliphatic carbocycles. The topological polar surface area (TPSA) is 9.23 Å². The van der Waals surface area contributed by atoms with Crippen molar-refractivity contribution in [3.8, 4) is 0 Å². The molecule has 0 rings (SSSR count). The molecule has 0 aromatic rings. The summed E-state index contributed by atoms with van der Waals surface area (Å²) >= 11 is 0. The predicted molar refractivity (Wildman–Crippen MR) is 12.8 cm³/mol. The van der Waals surface area contributed by atoms with E-state index in [9.17, 15) is 13.3 Å². The molecule has 0 heterocycles. The molecule has 4 heteroatoms. The maximum absolute atomic E-state index is 10.9. The van der Waals surface area contributed by atoms with Crippen LogP contribution in [0.15, 0.2) is 0 Å². The summed E-state index contributed by atoms with van der Waals surface area (Å²) in [7, 11) is 0. The van der Waals surface area contributed by atoms with Gasteiger partial charge in [-0.05, 0) is 4.53 Å². The zero-order valence-electron chi connectivity index (χ0n) is 3.04. The van der Waals surface area contributed by atoms with Gasteiger partial charge < -0.3 is 0 Å². The van der Waals surface area contributed by atoms with Gasteiger partial charge in [0.05, 0.1) is 0 Å². The molecule has 0 aliphatic heterocycles. The number of alkyl halides is 2. The van der Waals surface area contributed by atoms with Gasteiger partial charge in [0.1, 0.15) is 0 Å². The number of rotatable bonds is 1. The van der Waals surface area contributed by atoms with Gasteiger partial charge in [-0.3, -0.25) is 0 Å². The normalized spacial score (nSPS) is 12.0. The Kier molecular flexibility index (Phi) is 1.40. The SMILES string of the molecule is CC(F)(F)OF. The summed E-state index contributed by atoms with van der Waals surface area (Å²) in [5, 5.41) is 0. The molecule has 0 N–H and O–H groups in total. The van der Waals surface area contributed by atoms with Gasteiger partial charge in [0, 0.05) is 6.92 Å². The van der Waals surface area contributed by atoms with Crippen LogP contribution in [0.2, 0.25) is 0 Å². The Morgan fingerprint density at radius 3 is 1.67 bits per heavy atom. The molecular weight excluding hydrogens is 97.0 g/mol. The minimum absolute atomic E-state index is 0.312. The van der Waals surface area contributed by atoms with E-state index < -0.39 is 6.11 Å². The van der Waals surface area contributed by atoms with Gasteiger partial charge in [-0.25, -0.2) is 0 Å². The fraction of sp³-hybridized carbons (Fsp3) is 1.00. The van der Waals surface area contributed by atoms with Crippen LogP contribution in [0.25, 0.3) is 0 Å². The van der Waals surface area contributed by atoms with Crippen LogP contribution in [0.5, 0.6) is 0 Å². The van der Waals surface area contributed by atoms with E-state index in [4.69, 9.17) is 0 Å². The maximum Gasteiger partial charge on any atom is 0.383 e. The van der Waals surface area contributed by atoms with Crippen LogP contribution in [-0.2, 0) is 4.94 Å². The van der Waals surface area contributed by atoms with Gasteiger partial charge in [-0.15, -0.1) is 4.94 Å². The van der Waals surface area contributed by atoms with Gasteiger partial charge in [-0.2, -0.15) is 8.78 Å². The first kappa shape index (κ1) is 5.75. The number of hydrogen-bond acceptors (Lipinski definition) is 1. The summed E-state index contributed by atoms with van der Waals surface area (Å²) < 4.78 is 32.0. The molecule has 0 radical (unpaired) electrons. The van der Waals surface area contributed by atoms with Crippen molar-refractivity contribution in [1.29, 1.82) is 0 Å². The molecule has 0 aliphatic rings. The van der Waals surface area contributed by atoms with Crippen molar-refractivity contribution >= 4 is 0 Å². The highest BCUT2D eigenvalue weighted by molar-refractivity contribution is 4.28. The van der Waals surface area contributed by atoms with Crippen LogP contribution >= 0.6 is 0 Å². The fourth-order valence-electron chi connectivity index (χ4n) is 0. The van der Waals surface area contributed by atoms with Crippen molar-refractivity contribution in [3.63, 3.8) is 0 Å². The predicted octanol–water partition coefficient (Wildman–Crippen LogP) is 1.50. The summed E-state index contributed by atoms with van der Waals surface area (Å²) in [6.07, 6.45) is -3.62. The van der Waals surface area contributed by atoms with Gasteiger partial charge in [0.25, 0.3) is 0 Å². The van der Waals surface area contributed by atoms with Crippen LogP contribution in [0.4, 0.5) is 13.3 Å². The molecule has 38 valence electrons. The minimum atomic E-state index is -3.62. The monoisotopic (exact) mass is 100 g/mol. The van der Waals surface area contributed by atoms with Crippen molar-refractivity contribution in [1.82, 2.24) is 0 Å². The highest BCUT2D eigenvalue weighted by atomic mass is 19.4. The summed E-state index contributed by atoms with van der Waals surface area (Å²) in [6.45, 7) is 0.312. The van der Waals surface area contributed by atoms with Gasteiger partial charge in [0.15, 0.2) is 0 Å². The van der Waals surface area contributed by atoms with E-state index in [2.05, 4.69) is 4.94 Å². The van der Waals surface area contributed by atoms with Crippen molar-refractivity contribution in [2.24, 2.45) is 0 Å². The highest BCUT2D eigenvalue weighted by Gasteiger charge is 2.21. The fourth-order valence-corrected chi connectivity index (χ4v) is 0. The lowest BCUT2D eigenvalue weighted by molar-refractivity contribution is -0.344. The van der Waals surface area contributed by atoms with Gasteiger partial charge in [-0.1, -0.05) is 0 Å². The molecule has 0 unspecified atom stereocenters. The van der Waals surface area contributed by atoms with E-state index in [1.54, 1.807) is 0 Å². The molecule has 0 saturated carbocycles. The van der Waals surface area contributed by atoms with Gasteiger partial charge >= 0.3 is 6.11 Å². The van der Waals surface area contributed by atoms with E-state index in [1.165, 1.54) is 0 Å². The molecular formula is C2H3F3O. The Bertz CT molecular complexity index is 38.5. The molecule has 0 aromatic heterocycles. The summed E-state index contributed by atoms with van der Waals surface area (Å²) in [5.74, 6) is 0. The second-order valence-corrected chi connectivity index (χ2v) is 0.885. The van der Waals surface area contributed by atoms with E-state index in [0.717, 1.165) is 0 Å². The first-order chi connectivity index (χ1) is 2.56. The Morgan fingerprint density at radius 1 is 1.50 bits per heavy atom. The lowest BCUT2D eigenvalue weighted by atomic mass is 10.8. The quantitative estimate of drug-likeness (QED) is 0.485. The molecule has 1 nitrogen and oxygen atoms in total. The first-order valence-corrected chi connectivity index (χ1v) is 1.24. The Balaban J connectivity index is 3.17. The average molecular weight is 100 g/mol. The van der Waals surface area contributed by atoms with Crippen LogP contribution in [0, 0.1) is 0 Å². The van der Waals surface area contributed by atoms with E-state index in [-0.39, 0.29) is 0 Å². The second kappa shape index (κ2) is 1.47. The standard InChI is InChI=1S/C2H3F3O/c1-2(3,4)6-5/h1H3. The van der Waals surface area contributed by atoms with Crippen LogP contribution in [0.1, 0.15) is 6.92 Å². The molecule has 6 heavy (non-hydrogen) atoms. The molecule has 0 amide bonds. The van der Waals surface area contributed by atoms with E-state index >= 15 is 0 Å². The van der Waals surface area contributed by atoms with E-state index in [1.807, 2.05) is 0 Å². The van der Waals surface area contributed by atoms with E-state index in [0.29, 0.717) is 6.92 Å². The Labute approximate surface area is 32.6 Å². The van der Waals surface area contributed by atoms with Crippen molar-refractivity contribution in [2.45, 2.75) is 13.0 Å². The van der Waals surface area contributed by atoms with Crippen LogP contribution < -0.4 is 0 Å². The van der Waals surface area contributed by atoms with Gasteiger partial charge in [0.2, 0.25) is 0 Å². The molecule has 0 saturated heterocycles. The maximum atomic E-state index is 10.9. The smallest absolute Gasteiger partial charge is 0.173 e. The number of hydrogen-bond donors (Lipinski definition) is 0. The van der Waals surface area contributed by atoms with Crippen molar-refractivity contribution < 1.29 is 18.2 Å². The summed E-state index contributed by atoms with van der Waals surface area (Å²) in [4.78, 5) is 2.10. The average Bonchev–Trinajstić information content (AvgIpc) is 1.35. The molecule has 0 spiro atoms. The van der Waals surface area contributed by atoms with Crippen LogP contribution in [-0.4, -0.2) is 6.11 Å². The lowest BCUT2D eigenvalue weighted by Crippen LogP contribution is -2.08. The van der Waals surface area contributed by atoms with Crippen molar-refractivity contribution in [3.05, 3.63) is 0 Å². The second-order valence-electron chi connectivity index (χ2n) is 0.885. The zero-order chi connectivity index (χ0) is 5.21. The third-order valence-corrected chi connectivity index (χ3v) is 0.135. The first-order valence-electron chi connectivity index (χ1n) is 1.24. The minimum Gasteiger partial charge on any atom is -0.173 e. The molecule has 0 atom stereocenters. The Hall–Kier alpha value is -0.250. The third kappa shape index (κ3) is 3.75. The molecule has 0 bridgehead atoms. The molecule has 0 aromatic carbocycles. The highest BCUT2D eigenvalue weighted by Crippen LogP contribution is 2.12. The molecule has 0 fully saturated rings. The van der Waals surface area contributed by atoms with Crippen molar-refractivity contribution in [2.75, 3.05) is 0 Å². The largest absolute Gasteiger partial charge is 0.383 e. The number of halogens is 3. The zero-order valence-corrected chi connectivity index (χ0v) is 3.04. The summed E-state index contributed by atoms with van der Waals surface area (Å²) in [6, 6.07) is 0. The van der Waals surface area contributed by atoms with Crippen LogP contribution in [0.3, 0.4) is 0 Å². The Morgan fingerprint density at radius 2 is 1.67 bits per heavy atom. The summed E-state index contributed by atoms with van der Waals surface area (Å²) in [5.41, 5.74) is 0. The lowest BCUT2D eigenvalue weighted by Gasteiger charge is -1.97. The third-order valence-electron chi connectivity index (χ3n) is 0.135.